The predicted octanol–water partition coefficient (Wildman–Crippen LogP) is 0.706. The lowest BCUT2D eigenvalue weighted by Gasteiger charge is -2.64. The van der Waals surface area contributed by atoms with Crippen molar-refractivity contribution in [1.29, 1.82) is 0 Å². The Morgan fingerprint density at radius 2 is 1.56 bits per heavy atom. The van der Waals surface area contributed by atoms with Crippen LogP contribution in [0.1, 0.15) is 60.3 Å². The van der Waals surface area contributed by atoms with E-state index in [2.05, 4.69) is 6.92 Å². The van der Waals surface area contributed by atoms with E-state index in [0.29, 0.717) is 12.3 Å². The van der Waals surface area contributed by atoms with Crippen LogP contribution in [0.15, 0.2) is 0 Å². The number of ether oxygens (including phenoxy) is 3. The number of likely N-dealkylation sites (N-methyl/N-ethyl adjacent to an activating group) is 1. The molecule has 5 aliphatic heterocycles. The Kier molecular flexibility index (Phi) is 5.62. The van der Waals surface area contributed by atoms with Gasteiger partial charge in [-0.05, 0) is 71.9 Å². The molecule has 12 unspecified atom stereocenters. The van der Waals surface area contributed by atoms with Gasteiger partial charge in [0.2, 0.25) is 11.6 Å². The zero-order valence-electron chi connectivity index (χ0n) is 21.2. The van der Waals surface area contributed by atoms with Crippen LogP contribution >= 0.6 is 0 Å². The summed E-state index contributed by atoms with van der Waals surface area (Å²) in [4.78, 5) is 13.4. The maximum atomic E-state index is 11.9. The van der Waals surface area contributed by atoms with Crippen LogP contribution in [0.4, 0.5) is 0 Å². The molecule has 6 aliphatic rings. The highest BCUT2D eigenvalue weighted by atomic mass is 17.3. The quantitative estimate of drug-likeness (QED) is 0.326. The summed E-state index contributed by atoms with van der Waals surface area (Å²) in [5.41, 5.74) is -4.25. The zero-order valence-corrected chi connectivity index (χ0v) is 21.2. The topological polar surface area (TPSA) is 130 Å². The van der Waals surface area contributed by atoms with Crippen LogP contribution in [-0.2, 0) is 24.0 Å². The van der Waals surface area contributed by atoms with Crippen LogP contribution < -0.4 is 0 Å². The largest absolute Gasteiger partial charge is 0.386 e. The molecule has 10 heteroatoms. The van der Waals surface area contributed by atoms with Crippen molar-refractivity contribution in [3.63, 3.8) is 0 Å². The molecule has 0 amide bonds. The molecule has 0 radical (unpaired) electrons. The molecule has 0 aromatic rings. The number of aliphatic hydroxyl groups excluding tert-OH is 2. The van der Waals surface area contributed by atoms with E-state index < -0.39 is 53.1 Å². The maximum Gasteiger partial charge on any atom is 0.223 e. The lowest BCUT2D eigenvalue weighted by Crippen LogP contribution is -2.82. The Hall–Kier alpha value is -0.400. The number of fused-ring (bicyclic) bond motifs is 2. The van der Waals surface area contributed by atoms with Crippen LogP contribution in [-0.4, -0.2) is 92.5 Å². The van der Waals surface area contributed by atoms with Gasteiger partial charge in [-0.25, -0.2) is 9.78 Å². The third kappa shape index (κ3) is 2.98. The van der Waals surface area contributed by atoms with E-state index in [-0.39, 0.29) is 17.8 Å². The first-order valence-electron chi connectivity index (χ1n) is 12.5. The second kappa shape index (κ2) is 7.56. The molecule has 12 atom stereocenters. The lowest BCUT2D eigenvalue weighted by atomic mass is 9.56. The highest BCUT2D eigenvalue weighted by molar-refractivity contribution is 5.16. The Balaban J connectivity index is 1.56. The molecule has 1 aliphatic carbocycles. The van der Waals surface area contributed by atoms with Crippen molar-refractivity contribution in [3.8, 4) is 0 Å². The Morgan fingerprint density at radius 1 is 0.882 bits per heavy atom. The van der Waals surface area contributed by atoms with Gasteiger partial charge in [0, 0.05) is 12.3 Å². The van der Waals surface area contributed by atoms with Crippen molar-refractivity contribution >= 4 is 0 Å². The van der Waals surface area contributed by atoms with Gasteiger partial charge in [0.1, 0.15) is 23.9 Å². The highest BCUT2D eigenvalue weighted by Crippen LogP contribution is 2.62. The van der Waals surface area contributed by atoms with Crippen LogP contribution in [0, 0.1) is 23.7 Å². The third-order valence-electron chi connectivity index (χ3n) is 9.69. The Labute approximate surface area is 201 Å². The smallest absolute Gasteiger partial charge is 0.223 e. The molecule has 2 bridgehead atoms. The first-order chi connectivity index (χ1) is 15.6. The van der Waals surface area contributed by atoms with Gasteiger partial charge >= 0.3 is 0 Å². The van der Waals surface area contributed by atoms with Gasteiger partial charge in [-0.3, -0.25) is 4.90 Å². The van der Waals surface area contributed by atoms with Crippen LogP contribution in [0.2, 0.25) is 0 Å². The molecular weight excluding hydrogens is 446 g/mol. The summed E-state index contributed by atoms with van der Waals surface area (Å²) in [7, 11) is 3.15. The zero-order chi connectivity index (χ0) is 25.1. The minimum atomic E-state index is -2.30. The van der Waals surface area contributed by atoms with Gasteiger partial charge in [0.05, 0.1) is 0 Å². The molecule has 5 saturated heterocycles. The molecule has 6 fully saturated rings. The molecule has 10 nitrogen and oxygen atoms in total. The molecule has 0 aromatic carbocycles. The maximum absolute atomic E-state index is 11.9. The van der Waals surface area contributed by atoms with Gasteiger partial charge in [-0.2, -0.15) is 0 Å². The monoisotopic (exact) mass is 487 g/mol. The van der Waals surface area contributed by atoms with E-state index in [0.717, 1.165) is 19.3 Å². The molecule has 0 aromatic heterocycles. The summed E-state index contributed by atoms with van der Waals surface area (Å²) in [6, 6.07) is 0. The summed E-state index contributed by atoms with van der Waals surface area (Å²) in [5, 5.41) is 45.5. The predicted molar refractivity (Wildman–Crippen MR) is 118 cm³/mol. The number of hydrogen-bond acceptors (Lipinski definition) is 10. The second-order valence-electron chi connectivity index (χ2n) is 12.2. The molecule has 1 spiro atoms. The van der Waals surface area contributed by atoms with E-state index in [1.54, 1.807) is 27.9 Å². The van der Waals surface area contributed by atoms with Crippen LogP contribution in [0.5, 0.6) is 0 Å². The minimum absolute atomic E-state index is 0.102. The summed E-state index contributed by atoms with van der Waals surface area (Å²) in [5.74, 6) is -3.20. The summed E-state index contributed by atoms with van der Waals surface area (Å²) in [6.45, 7) is 9.12. The summed E-state index contributed by atoms with van der Waals surface area (Å²) >= 11 is 0. The number of rotatable bonds is 2. The van der Waals surface area contributed by atoms with Gasteiger partial charge < -0.3 is 34.6 Å². The second-order valence-corrected chi connectivity index (χ2v) is 12.2. The Morgan fingerprint density at radius 3 is 2.21 bits per heavy atom. The normalized spacial score (nSPS) is 58.9. The van der Waals surface area contributed by atoms with Crippen molar-refractivity contribution in [2.75, 3.05) is 14.1 Å². The molecule has 34 heavy (non-hydrogen) atoms. The SMILES string of the molecule is CC1CCC2C(C)C(C3(O)OC(C)(C)C(O)(N(C)C)C(O)C3O)OC3OC4(C)CCC1C32OO4. The summed E-state index contributed by atoms with van der Waals surface area (Å²) < 4.78 is 18.9. The molecule has 196 valence electrons. The van der Waals surface area contributed by atoms with Crippen molar-refractivity contribution in [2.24, 2.45) is 23.7 Å². The highest BCUT2D eigenvalue weighted by Gasteiger charge is 2.74. The average Bonchev–Trinajstić information content (AvgIpc) is 2.99. The van der Waals surface area contributed by atoms with Crippen molar-refractivity contribution in [3.05, 3.63) is 0 Å². The molecule has 4 N–H and O–H groups in total. The van der Waals surface area contributed by atoms with Gasteiger partial charge in [0.25, 0.3) is 0 Å². The van der Waals surface area contributed by atoms with E-state index >= 15 is 0 Å². The molecule has 5 heterocycles. The number of hydrogen-bond donors (Lipinski definition) is 4. The molecule has 6 rings (SSSR count). The van der Waals surface area contributed by atoms with Gasteiger partial charge in [-0.1, -0.05) is 13.8 Å². The first kappa shape index (κ1) is 25.3. The van der Waals surface area contributed by atoms with E-state index in [1.165, 1.54) is 4.90 Å². The van der Waals surface area contributed by atoms with Crippen molar-refractivity contribution in [2.45, 2.75) is 113 Å². The molecule has 1 saturated carbocycles. The van der Waals surface area contributed by atoms with Crippen LogP contribution in [0.25, 0.3) is 0 Å². The van der Waals surface area contributed by atoms with E-state index in [1.807, 2.05) is 13.8 Å². The average molecular weight is 488 g/mol. The van der Waals surface area contributed by atoms with Gasteiger partial charge in [0.15, 0.2) is 17.6 Å². The fourth-order valence-corrected chi connectivity index (χ4v) is 7.75. The summed E-state index contributed by atoms with van der Waals surface area (Å²) in [6.07, 6.45) is -2.16. The number of aliphatic hydroxyl groups is 4. The van der Waals surface area contributed by atoms with Crippen LogP contribution in [0.3, 0.4) is 0 Å². The lowest BCUT2D eigenvalue weighted by molar-refractivity contribution is -0.579. The van der Waals surface area contributed by atoms with E-state index in [4.69, 9.17) is 24.0 Å². The molecular formula is C24H41NO9. The number of nitrogens with zero attached hydrogens (tertiary/aromatic N) is 1. The standard InChI is InChI=1S/C24H41NO9/c1-12-8-9-15-13(2)18(30-19-22(15)14(12)10-11-21(5,31-19)33-34-22)23(28)16(26)17(27)24(29,25(6)7)20(3,4)32-23/h12-19,26-29H,8-11H2,1-7H3. The van der Waals surface area contributed by atoms with Crippen molar-refractivity contribution in [1.82, 2.24) is 4.90 Å². The first-order valence-corrected chi connectivity index (χ1v) is 12.5. The fraction of sp³-hybridized carbons (Fsp3) is 1.00. The van der Waals surface area contributed by atoms with Gasteiger partial charge in [-0.15, -0.1) is 0 Å². The third-order valence-corrected chi connectivity index (χ3v) is 9.69. The minimum Gasteiger partial charge on any atom is -0.386 e. The Bertz CT molecular complexity index is 826. The van der Waals surface area contributed by atoms with Crippen molar-refractivity contribution < 1.29 is 44.4 Å². The fourth-order valence-electron chi connectivity index (χ4n) is 7.75. The van der Waals surface area contributed by atoms with E-state index in [9.17, 15) is 20.4 Å².